The van der Waals surface area contributed by atoms with E-state index in [2.05, 4.69) is 11.3 Å². The van der Waals surface area contributed by atoms with E-state index in [-0.39, 0.29) is 11.1 Å². The van der Waals surface area contributed by atoms with E-state index in [1.807, 2.05) is 0 Å². The molecule has 7 nitrogen and oxygen atoms in total. The van der Waals surface area contributed by atoms with Gasteiger partial charge in [0.1, 0.15) is 0 Å². The Hall–Kier alpha value is -2.96. The Morgan fingerprint density at radius 2 is 1.60 bits per heavy atom. The molecular formula is C13H10O7. The lowest BCUT2D eigenvalue weighted by atomic mass is 10.0. The minimum atomic E-state index is -1.51. The molecule has 0 aromatic heterocycles. The van der Waals surface area contributed by atoms with E-state index in [0.717, 1.165) is 18.2 Å². The number of carbonyl (C=O) groups excluding carboxylic acids is 2. The zero-order valence-electron chi connectivity index (χ0n) is 10.4. The topological polar surface area (TPSA) is 118 Å². The molecule has 0 atom stereocenters. The molecule has 2 N–H and O–H groups in total. The highest BCUT2D eigenvalue weighted by atomic mass is 16.6. The van der Waals surface area contributed by atoms with Crippen molar-refractivity contribution in [3.63, 3.8) is 0 Å². The van der Waals surface area contributed by atoms with Crippen LogP contribution in [0.2, 0.25) is 0 Å². The van der Waals surface area contributed by atoms with Gasteiger partial charge in [-0.3, -0.25) is 0 Å². The van der Waals surface area contributed by atoms with Crippen LogP contribution in [0.25, 0.3) is 0 Å². The van der Waals surface area contributed by atoms with Crippen LogP contribution in [-0.2, 0) is 9.53 Å². The van der Waals surface area contributed by atoms with Gasteiger partial charge in [0.05, 0.1) is 16.7 Å². The van der Waals surface area contributed by atoms with Crippen LogP contribution in [-0.4, -0.2) is 34.1 Å². The number of esters is 2. The Bertz CT molecular complexity index is 628. The molecule has 0 aliphatic carbocycles. The summed E-state index contributed by atoms with van der Waals surface area (Å²) in [6, 6.07) is 2.84. The van der Waals surface area contributed by atoms with Crippen LogP contribution in [0.15, 0.2) is 30.4 Å². The minimum Gasteiger partial charge on any atom is -0.478 e. The lowest BCUT2D eigenvalue weighted by Gasteiger charge is -2.05. The molecule has 0 amide bonds. The summed E-state index contributed by atoms with van der Waals surface area (Å²) in [6.07, 6.45) is 0. The van der Waals surface area contributed by atoms with E-state index in [1.54, 1.807) is 0 Å². The molecule has 0 aliphatic heterocycles. The summed E-state index contributed by atoms with van der Waals surface area (Å²) in [7, 11) is 0. The summed E-state index contributed by atoms with van der Waals surface area (Å²) < 4.78 is 4.42. The van der Waals surface area contributed by atoms with Crippen molar-refractivity contribution in [2.75, 3.05) is 0 Å². The lowest BCUT2D eigenvalue weighted by Crippen LogP contribution is -2.15. The van der Waals surface area contributed by atoms with Crippen molar-refractivity contribution < 1.29 is 34.1 Å². The molecule has 0 unspecified atom stereocenters. The van der Waals surface area contributed by atoms with Gasteiger partial charge in [-0.05, 0) is 25.1 Å². The summed E-state index contributed by atoms with van der Waals surface area (Å²) in [6.45, 7) is 4.63. The standard InChI is InChI=1S/C13H10O7/c1-6(2)12(18)20-13(19)7-3-4-8(10(14)15)9(5-7)11(16)17/h3-5H,1H2,2H3,(H,14,15)(H,16,17). The maximum absolute atomic E-state index is 11.6. The highest BCUT2D eigenvalue weighted by Crippen LogP contribution is 2.14. The van der Waals surface area contributed by atoms with Crippen molar-refractivity contribution in [2.45, 2.75) is 6.92 Å². The number of hydrogen-bond acceptors (Lipinski definition) is 5. The van der Waals surface area contributed by atoms with E-state index < -0.39 is 35.0 Å². The molecule has 0 saturated heterocycles. The Balaban J connectivity index is 3.15. The van der Waals surface area contributed by atoms with Crippen LogP contribution in [0.5, 0.6) is 0 Å². The van der Waals surface area contributed by atoms with Gasteiger partial charge in [0.2, 0.25) is 0 Å². The van der Waals surface area contributed by atoms with Crippen molar-refractivity contribution in [1.82, 2.24) is 0 Å². The molecule has 0 radical (unpaired) electrons. The zero-order valence-corrected chi connectivity index (χ0v) is 10.4. The SMILES string of the molecule is C=C(C)C(=O)OC(=O)c1ccc(C(=O)O)c(C(=O)O)c1. The molecule has 0 aliphatic rings. The molecule has 0 heterocycles. The third-order valence-electron chi connectivity index (χ3n) is 2.25. The van der Waals surface area contributed by atoms with Crippen LogP contribution < -0.4 is 0 Å². The number of hydrogen-bond donors (Lipinski definition) is 2. The first-order valence-electron chi connectivity index (χ1n) is 5.26. The molecule has 0 fully saturated rings. The van der Waals surface area contributed by atoms with E-state index in [0.29, 0.717) is 0 Å². The smallest absolute Gasteiger partial charge is 0.346 e. The fourth-order valence-electron chi connectivity index (χ4n) is 1.26. The predicted molar refractivity (Wildman–Crippen MR) is 65.6 cm³/mol. The molecule has 104 valence electrons. The maximum Gasteiger partial charge on any atom is 0.346 e. The summed E-state index contributed by atoms with van der Waals surface area (Å²) in [5.41, 5.74) is -1.30. The van der Waals surface area contributed by atoms with Crippen molar-refractivity contribution in [1.29, 1.82) is 0 Å². The number of rotatable bonds is 4. The normalized spacial score (nSPS) is 9.65. The average molecular weight is 278 g/mol. The van der Waals surface area contributed by atoms with Crippen molar-refractivity contribution >= 4 is 23.9 Å². The molecule has 0 bridgehead atoms. The van der Waals surface area contributed by atoms with E-state index in [4.69, 9.17) is 10.2 Å². The van der Waals surface area contributed by atoms with Gasteiger partial charge in [-0.15, -0.1) is 0 Å². The second kappa shape index (κ2) is 5.79. The van der Waals surface area contributed by atoms with Gasteiger partial charge < -0.3 is 14.9 Å². The van der Waals surface area contributed by atoms with Crippen LogP contribution in [0.3, 0.4) is 0 Å². The van der Waals surface area contributed by atoms with E-state index >= 15 is 0 Å². The number of carbonyl (C=O) groups is 4. The number of aromatic carboxylic acids is 2. The van der Waals surface area contributed by atoms with Crippen molar-refractivity contribution in [3.8, 4) is 0 Å². The monoisotopic (exact) mass is 278 g/mol. The van der Waals surface area contributed by atoms with Gasteiger partial charge >= 0.3 is 23.9 Å². The van der Waals surface area contributed by atoms with Gasteiger partial charge in [-0.1, -0.05) is 6.58 Å². The summed E-state index contributed by atoms with van der Waals surface area (Å²) in [4.78, 5) is 44.5. The predicted octanol–water partition coefficient (Wildman–Crippen LogP) is 1.34. The van der Waals surface area contributed by atoms with Crippen LogP contribution in [0, 0.1) is 0 Å². The number of carboxylic acids is 2. The summed E-state index contributed by atoms with van der Waals surface area (Å²) in [5.74, 6) is -4.99. The van der Waals surface area contributed by atoms with E-state index in [1.165, 1.54) is 6.92 Å². The zero-order chi connectivity index (χ0) is 15.4. The molecule has 20 heavy (non-hydrogen) atoms. The Kier molecular flexibility index (Phi) is 4.37. The minimum absolute atomic E-state index is 0.000959. The van der Waals surface area contributed by atoms with Crippen molar-refractivity contribution in [3.05, 3.63) is 47.0 Å². The van der Waals surface area contributed by atoms with Crippen LogP contribution in [0.1, 0.15) is 38.0 Å². The van der Waals surface area contributed by atoms with Gasteiger partial charge in [-0.2, -0.15) is 0 Å². The Morgan fingerprint density at radius 3 is 2.05 bits per heavy atom. The molecule has 0 spiro atoms. The molecule has 7 heteroatoms. The molecular weight excluding hydrogens is 268 g/mol. The van der Waals surface area contributed by atoms with Crippen LogP contribution >= 0.6 is 0 Å². The van der Waals surface area contributed by atoms with Gasteiger partial charge in [-0.25, -0.2) is 19.2 Å². The van der Waals surface area contributed by atoms with Gasteiger partial charge in [0, 0.05) is 5.57 Å². The Labute approximate surface area is 113 Å². The fraction of sp³-hybridized carbons (Fsp3) is 0.0769. The second-order valence-electron chi connectivity index (χ2n) is 3.83. The maximum atomic E-state index is 11.6. The summed E-state index contributed by atoms with van der Waals surface area (Å²) >= 11 is 0. The highest BCUT2D eigenvalue weighted by Gasteiger charge is 2.20. The third-order valence-corrected chi connectivity index (χ3v) is 2.25. The molecule has 1 rings (SSSR count). The fourth-order valence-corrected chi connectivity index (χ4v) is 1.26. The highest BCUT2D eigenvalue weighted by molar-refractivity contribution is 6.06. The number of ether oxygens (including phenoxy) is 1. The molecule has 1 aromatic rings. The van der Waals surface area contributed by atoms with Gasteiger partial charge in [0.25, 0.3) is 0 Å². The number of benzene rings is 1. The second-order valence-corrected chi connectivity index (χ2v) is 3.83. The molecule has 1 aromatic carbocycles. The van der Waals surface area contributed by atoms with Gasteiger partial charge in [0.15, 0.2) is 0 Å². The van der Waals surface area contributed by atoms with Crippen LogP contribution in [0.4, 0.5) is 0 Å². The largest absolute Gasteiger partial charge is 0.478 e. The third kappa shape index (κ3) is 3.29. The first-order valence-corrected chi connectivity index (χ1v) is 5.26. The Morgan fingerprint density at radius 1 is 1.05 bits per heavy atom. The average Bonchev–Trinajstić information content (AvgIpc) is 2.37. The lowest BCUT2D eigenvalue weighted by molar-refractivity contribution is -0.133. The first kappa shape index (κ1) is 15.1. The van der Waals surface area contributed by atoms with E-state index in [9.17, 15) is 19.2 Å². The summed E-state index contributed by atoms with van der Waals surface area (Å²) in [5, 5.41) is 17.7. The van der Waals surface area contributed by atoms with Crippen molar-refractivity contribution in [2.24, 2.45) is 0 Å². The molecule has 0 saturated carbocycles. The first-order chi connectivity index (χ1) is 9.23. The number of carboxylic acid groups (broad SMARTS) is 2. The quantitative estimate of drug-likeness (QED) is 0.484.